The Morgan fingerprint density at radius 1 is 1.11 bits per heavy atom. The molecule has 0 aliphatic rings. The molecule has 0 bridgehead atoms. The van der Waals surface area contributed by atoms with Crippen LogP contribution in [0.1, 0.15) is 0 Å². The predicted molar refractivity (Wildman–Crippen MR) is 86.5 cm³/mol. The van der Waals surface area contributed by atoms with E-state index in [1.54, 1.807) is 0 Å². The van der Waals surface area contributed by atoms with E-state index in [2.05, 4.69) is 38.5 Å². The van der Waals surface area contributed by atoms with Crippen molar-refractivity contribution >= 4 is 39.4 Å². The van der Waals surface area contributed by atoms with Crippen LogP contribution in [0.2, 0.25) is 0 Å². The number of benzene rings is 2. The quantitative estimate of drug-likeness (QED) is 0.640. The summed E-state index contributed by atoms with van der Waals surface area (Å²) >= 11 is 2.27. The maximum atomic E-state index is 5.88. The van der Waals surface area contributed by atoms with E-state index in [0.29, 0.717) is 5.89 Å². The lowest BCUT2D eigenvalue weighted by atomic mass is 10.1. The zero-order chi connectivity index (χ0) is 13.4. The highest BCUT2D eigenvalue weighted by Gasteiger charge is 2.13. The monoisotopic (exact) mass is 364 g/mol. The van der Waals surface area contributed by atoms with Gasteiger partial charge in [0, 0.05) is 23.4 Å². The van der Waals surface area contributed by atoms with E-state index in [9.17, 15) is 0 Å². The van der Waals surface area contributed by atoms with Gasteiger partial charge in [-0.05, 0) is 52.9 Å². The van der Waals surface area contributed by atoms with Crippen molar-refractivity contribution in [3.63, 3.8) is 0 Å². The number of oxazole rings is 1. The van der Waals surface area contributed by atoms with Crippen LogP contribution < -0.4 is 4.90 Å². The molecule has 0 aliphatic carbocycles. The molecule has 0 saturated heterocycles. The molecule has 0 radical (unpaired) electrons. The molecular weight excluding hydrogens is 351 g/mol. The normalized spacial score (nSPS) is 10.9. The molecule has 2 aromatic carbocycles. The Balaban J connectivity index is 2.19. The summed E-state index contributed by atoms with van der Waals surface area (Å²) in [5.41, 5.74) is 3.84. The van der Waals surface area contributed by atoms with Crippen LogP contribution in [0, 0.1) is 3.57 Å². The zero-order valence-corrected chi connectivity index (χ0v) is 12.9. The van der Waals surface area contributed by atoms with Gasteiger partial charge in [-0.25, -0.2) is 4.98 Å². The van der Waals surface area contributed by atoms with Crippen LogP contribution in [0.25, 0.3) is 22.6 Å². The number of hydrogen-bond acceptors (Lipinski definition) is 3. The maximum Gasteiger partial charge on any atom is 0.229 e. The second-order valence-electron chi connectivity index (χ2n) is 4.54. The fourth-order valence-electron chi connectivity index (χ4n) is 2.06. The summed E-state index contributed by atoms with van der Waals surface area (Å²) in [6.45, 7) is 0. The molecule has 1 aromatic heterocycles. The number of anilines is 1. The topological polar surface area (TPSA) is 29.3 Å². The van der Waals surface area contributed by atoms with Crippen molar-refractivity contribution in [2.24, 2.45) is 0 Å². The Hall–Kier alpha value is -1.56. The summed E-state index contributed by atoms with van der Waals surface area (Å²) in [5, 5.41) is 0. The number of halogens is 1. The van der Waals surface area contributed by atoms with Crippen LogP contribution in [0.3, 0.4) is 0 Å². The molecule has 1 heterocycles. The van der Waals surface area contributed by atoms with E-state index in [4.69, 9.17) is 4.42 Å². The van der Waals surface area contributed by atoms with Gasteiger partial charge in [-0.1, -0.05) is 12.1 Å². The highest BCUT2D eigenvalue weighted by atomic mass is 127. The second-order valence-corrected chi connectivity index (χ2v) is 5.79. The third kappa shape index (κ3) is 2.32. The molecular formula is C15H13IN2O. The molecule has 3 rings (SSSR count). The molecule has 0 unspecified atom stereocenters. The van der Waals surface area contributed by atoms with Gasteiger partial charge in [0.1, 0.15) is 5.52 Å². The van der Waals surface area contributed by atoms with Crippen LogP contribution in [0.15, 0.2) is 46.9 Å². The summed E-state index contributed by atoms with van der Waals surface area (Å²) in [4.78, 5) is 6.63. The van der Waals surface area contributed by atoms with Crippen molar-refractivity contribution in [1.82, 2.24) is 4.98 Å². The van der Waals surface area contributed by atoms with E-state index >= 15 is 0 Å². The van der Waals surface area contributed by atoms with Crippen molar-refractivity contribution in [3.05, 3.63) is 46.0 Å². The molecule has 0 aliphatic heterocycles. The molecule has 0 saturated carbocycles. The lowest BCUT2D eigenvalue weighted by Gasteiger charge is -2.15. The third-order valence-corrected chi connectivity index (χ3v) is 3.64. The number of para-hydroxylation sites is 1. The van der Waals surface area contributed by atoms with Gasteiger partial charge in [0.2, 0.25) is 5.89 Å². The van der Waals surface area contributed by atoms with E-state index in [1.807, 2.05) is 50.5 Å². The average Bonchev–Trinajstić information content (AvgIpc) is 2.81. The predicted octanol–water partition coefficient (Wildman–Crippen LogP) is 4.17. The minimum Gasteiger partial charge on any atom is -0.436 e. The Morgan fingerprint density at radius 3 is 2.68 bits per heavy atom. The van der Waals surface area contributed by atoms with Gasteiger partial charge in [-0.2, -0.15) is 0 Å². The molecule has 3 nitrogen and oxygen atoms in total. The molecule has 0 fully saturated rings. The van der Waals surface area contributed by atoms with Crippen molar-refractivity contribution in [3.8, 4) is 11.5 Å². The van der Waals surface area contributed by atoms with Gasteiger partial charge in [0.25, 0.3) is 0 Å². The molecule has 0 atom stereocenters. The first-order valence-corrected chi connectivity index (χ1v) is 7.06. The van der Waals surface area contributed by atoms with Crippen LogP contribution in [0.5, 0.6) is 0 Å². The van der Waals surface area contributed by atoms with Gasteiger partial charge in [-0.15, -0.1) is 0 Å². The van der Waals surface area contributed by atoms with E-state index < -0.39 is 0 Å². The lowest BCUT2D eigenvalue weighted by molar-refractivity contribution is 0.619. The Morgan fingerprint density at radius 2 is 1.89 bits per heavy atom. The molecule has 0 amide bonds. The van der Waals surface area contributed by atoms with Gasteiger partial charge in [0.05, 0.1) is 5.56 Å². The third-order valence-electron chi connectivity index (χ3n) is 2.97. The van der Waals surface area contributed by atoms with Crippen molar-refractivity contribution < 1.29 is 4.42 Å². The molecule has 0 N–H and O–H groups in total. The number of fused-ring (bicyclic) bond motifs is 1. The summed E-state index contributed by atoms with van der Waals surface area (Å²) in [5.74, 6) is 0.668. The van der Waals surface area contributed by atoms with Crippen LogP contribution in [-0.2, 0) is 0 Å². The molecule has 0 spiro atoms. The van der Waals surface area contributed by atoms with Gasteiger partial charge in [-0.3, -0.25) is 0 Å². The summed E-state index contributed by atoms with van der Waals surface area (Å²) in [6.07, 6.45) is 0. The number of rotatable bonds is 2. The standard InChI is InChI=1S/C15H13IN2O/c1-18(2)13-6-4-3-5-11(13)15-17-12-8-7-10(16)9-14(12)19-15/h3-9H,1-2H3. The van der Waals surface area contributed by atoms with Crippen molar-refractivity contribution in [2.75, 3.05) is 19.0 Å². The SMILES string of the molecule is CN(C)c1ccccc1-c1nc2ccc(I)cc2o1. The number of aromatic nitrogens is 1. The van der Waals surface area contributed by atoms with E-state index in [1.165, 1.54) is 0 Å². The van der Waals surface area contributed by atoms with Gasteiger partial charge in [0.15, 0.2) is 5.58 Å². The second kappa shape index (κ2) is 4.85. The first-order valence-electron chi connectivity index (χ1n) is 5.98. The smallest absolute Gasteiger partial charge is 0.229 e. The Bertz CT molecular complexity index is 734. The average molecular weight is 364 g/mol. The van der Waals surface area contributed by atoms with E-state index in [0.717, 1.165) is 25.9 Å². The zero-order valence-electron chi connectivity index (χ0n) is 10.7. The Labute approximate surface area is 125 Å². The number of hydrogen-bond donors (Lipinski definition) is 0. The molecule has 4 heteroatoms. The first kappa shape index (κ1) is 12.5. The van der Waals surface area contributed by atoms with Crippen molar-refractivity contribution in [2.45, 2.75) is 0 Å². The summed E-state index contributed by atoms with van der Waals surface area (Å²) < 4.78 is 7.03. The fourth-order valence-corrected chi connectivity index (χ4v) is 2.52. The highest BCUT2D eigenvalue weighted by molar-refractivity contribution is 14.1. The number of nitrogens with zero attached hydrogens (tertiary/aromatic N) is 2. The lowest BCUT2D eigenvalue weighted by Crippen LogP contribution is -2.09. The van der Waals surface area contributed by atoms with Gasteiger partial charge < -0.3 is 9.32 Å². The van der Waals surface area contributed by atoms with E-state index in [-0.39, 0.29) is 0 Å². The van der Waals surface area contributed by atoms with Crippen molar-refractivity contribution in [1.29, 1.82) is 0 Å². The Kier molecular flexibility index (Phi) is 3.18. The minimum absolute atomic E-state index is 0.668. The summed E-state index contributed by atoms with van der Waals surface area (Å²) in [7, 11) is 4.04. The molecule has 96 valence electrons. The highest BCUT2D eigenvalue weighted by Crippen LogP contribution is 2.31. The van der Waals surface area contributed by atoms with Gasteiger partial charge >= 0.3 is 0 Å². The first-order chi connectivity index (χ1) is 9.15. The largest absolute Gasteiger partial charge is 0.436 e. The summed E-state index contributed by atoms with van der Waals surface area (Å²) in [6, 6.07) is 14.1. The fraction of sp³-hybridized carbons (Fsp3) is 0.133. The maximum absolute atomic E-state index is 5.88. The minimum atomic E-state index is 0.668. The molecule has 19 heavy (non-hydrogen) atoms. The van der Waals surface area contributed by atoms with Crippen LogP contribution in [0.4, 0.5) is 5.69 Å². The van der Waals surface area contributed by atoms with Crippen LogP contribution in [-0.4, -0.2) is 19.1 Å². The van der Waals surface area contributed by atoms with Crippen LogP contribution >= 0.6 is 22.6 Å². The molecule has 3 aromatic rings.